The van der Waals surface area contributed by atoms with Crippen LogP contribution >= 0.6 is 0 Å². The Bertz CT molecular complexity index is 571. The first-order valence-corrected chi connectivity index (χ1v) is 13.0. The molecule has 8 unspecified atom stereocenters. The Balaban J connectivity index is 1.48. The van der Waals surface area contributed by atoms with Gasteiger partial charge in [-0.1, -0.05) is 72.5 Å². The largest absolute Gasteiger partial charge is 0.0816 e. The molecule has 0 heterocycles. The molecular formula is C28H48. The Kier molecular flexibility index (Phi) is 6.08. The summed E-state index contributed by atoms with van der Waals surface area (Å²) in [5, 5.41) is 0. The van der Waals surface area contributed by atoms with Crippen LogP contribution < -0.4 is 0 Å². The monoisotopic (exact) mass is 384 g/mol. The summed E-state index contributed by atoms with van der Waals surface area (Å²) >= 11 is 0. The highest BCUT2D eigenvalue weighted by Crippen LogP contribution is 2.64. The van der Waals surface area contributed by atoms with Gasteiger partial charge in [0, 0.05) is 0 Å². The van der Waals surface area contributed by atoms with Gasteiger partial charge in [-0.3, -0.25) is 0 Å². The molecular weight excluding hydrogens is 336 g/mol. The van der Waals surface area contributed by atoms with E-state index in [-0.39, 0.29) is 0 Å². The molecule has 0 heteroatoms. The SMILES string of the molecule is CC(C)CCCC(C)C1CCC2C1CCC1C2[C@@H](C)C=C2CC(C)CCC21C. The van der Waals surface area contributed by atoms with Crippen molar-refractivity contribution in [1.82, 2.24) is 0 Å². The third-order valence-corrected chi connectivity index (χ3v) is 10.2. The lowest BCUT2D eigenvalue weighted by Gasteiger charge is -2.57. The second-order valence-electron chi connectivity index (χ2n) is 12.4. The summed E-state index contributed by atoms with van der Waals surface area (Å²) in [6.45, 7) is 15.1. The van der Waals surface area contributed by atoms with Gasteiger partial charge in [0.1, 0.15) is 0 Å². The minimum absolute atomic E-state index is 0.551. The summed E-state index contributed by atoms with van der Waals surface area (Å²) in [7, 11) is 0. The zero-order valence-corrected chi connectivity index (χ0v) is 19.8. The topological polar surface area (TPSA) is 0 Å². The van der Waals surface area contributed by atoms with Crippen LogP contribution in [-0.4, -0.2) is 0 Å². The van der Waals surface area contributed by atoms with Gasteiger partial charge in [-0.2, -0.15) is 0 Å². The van der Waals surface area contributed by atoms with Crippen molar-refractivity contribution in [2.75, 3.05) is 0 Å². The van der Waals surface area contributed by atoms with Gasteiger partial charge in [0.2, 0.25) is 0 Å². The average Bonchev–Trinajstić information content (AvgIpc) is 3.07. The zero-order valence-electron chi connectivity index (χ0n) is 19.8. The van der Waals surface area contributed by atoms with Crippen molar-refractivity contribution in [2.24, 2.45) is 58.7 Å². The van der Waals surface area contributed by atoms with Gasteiger partial charge in [-0.25, -0.2) is 0 Å². The van der Waals surface area contributed by atoms with Crippen LogP contribution in [0.1, 0.15) is 106 Å². The van der Waals surface area contributed by atoms with Crippen molar-refractivity contribution in [3.05, 3.63) is 11.6 Å². The summed E-state index contributed by atoms with van der Waals surface area (Å²) in [5.41, 5.74) is 2.42. The molecule has 160 valence electrons. The summed E-state index contributed by atoms with van der Waals surface area (Å²) in [4.78, 5) is 0. The molecule has 0 aliphatic heterocycles. The highest BCUT2D eigenvalue weighted by Gasteiger charge is 2.56. The Morgan fingerprint density at radius 1 is 0.964 bits per heavy atom. The smallest absolute Gasteiger partial charge is 0.00849 e. The minimum atomic E-state index is 0.551. The second kappa shape index (κ2) is 8.11. The molecule has 4 rings (SSSR count). The molecule has 4 aliphatic rings. The van der Waals surface area contributed by atoms with E-state index < -0.39 is 0 Å². The lowest BCUT2D eigenvalue weighted by molar-refractivity contribution is -0.0245. The molecule has 0 aromatic carbocycles. The molecule has 0 amide bonds. The van der Waals surface area contributed by atoms with E-state index in [1.54, 1.807) is 19.3 Å². The highest BCUT2D eigenvalue weighted by atomic mass is 14.6. The van der Waals surface area contributed by atoms with Crippen molar-refractivity contribution in [3.8, 4) is 0 Å². The van der Waals surface area contributed by atoms with E-state index in [9.17, 15) is 0 Å². The van der Waals surface area contributed by atoms with Crippen LogP contribution in [-0.2, 0) is 0 Å². The van der Waals surface area contributed by atoms with E-state index in [0.717, 1.165) is 53.3 Å². The molecule has 0 saturated heterocycles. The molecule has 0 radical (unpaired) electrons. The third kappa shape index (κ3) is 3.65. The van der Waals surface area contributed by atoms with E-state index in [2.05, 4.69) is 47.6 Å². The van der Waals surface area contributed by atoms with E-state index in [1.165, 1.54) is 44.9 Å². The van der Waals surface area contributed by atoms with Crippen LogP contribution in [0.4, 0.5) is 0 Å². The molecule has 0 aromatic rings. The van der Waals surface area contributed by atoms with Crippen molar-refractivity contribution < 1.29 is 0 Å². The first-order chi connectivity index (χ1) is 13.3. The summed E-state index contributed by atoms with van der Waals surface area (Å²) in [6.07, 6.45) is 17.7. The van der Waals surface area contributed by atoms with Crippen molar-refractivity contribution in [2.45, 2.75) is 106 Å². The summed E-state index contributed by atoms with van der Waals surface area (Å²) in [5.74, 6) is 8.71. The van der Waals surface area contributed by atoms with Gasteiger partial charge in [0.15, 0.2) is 0 Å². The molecule has 3 fully saturated rings. The molecule has 28 heavy (non-hydrogen) atoms. The first-order valence-electron chi connectivity index (χ1n) is 13.0. The van der Waals surface area contributed by atoms with Crippen LogP contribution in [0.3, 0.4) is 0 Å². The fourth-order valence-corrected chi connectivity index (χ4v) is 8.70. The maximum Gasteiger partial charge on any atom is -0.00849 e. The molecule has 4 aliphatic carbocycles. The minimum Gasteiger partial charge on any atom is -0.0816 e. The number of hydrogen-bond donors (Lipinski definition) is 0. The predicted octanol–water partition coefficient (Wildman–Crippen LogP) is 8.52. The summed E-state index contributed by atoms with van der Waals surface area (Å²) < 4.78 is 0. The number of rotatable bonds is 5. The van der Waals surface area contributed by atoms with Crippen molar-refractivity contribution >= 4 is 0 Å². The quantitative estimate of drug-likeness (QED) is 0.417. The van der Waals surface area contributed by atoms with Gasteiger partial charge in [0.05, 0.1) is 0 Å². The standard InChI is InChI=1S/C28H48/c1-18(2)8-7-9-20(4)23-10-11-25-24(23)12-13-26-27(25)21(5)17-22-16-19(3)14-15-28(22,26)6/h17-21,23-27H,7-16H2,1-6H3/t19?,20?,21-,23?,24?,25?,26?,27?,28?/m0/s1. The van der Waals surface area contributed by atoms with Gasteiger partial charge in [0.25, 0.3) is 0 Å². The Morgan fingerprint density at radius 3 is 2.46 bits per heavy atom. The van der Waals surface area contributed by atoms with Gasteiger partial charge >= 0.3 is 0 Å². The molecule has 0 N–H and O–H groups in total. The van der Waals surface area contributed by atoms with Crippen LogP contribution in [0.2, 0.25) is 0 Å². The van der Waals surface area contributed by atoms with Gasteiger partial charge in [-0.05, 0) is 104 Å². The van der Waals surface area contributed by atoms with Crippen molar-refractivity contribution in [1.29, 1.82) is 0 Å². The molecule has 0 aromatic heterocycles. The fraction of sp³-hybridized carbons (Fsp3) is 0.929. The lowest BCUT2D eigenvalue weighted by Crippen LogP contribution is -2.49. The number of allylic oxidation sites excluding steroid dienone is 2. The Morgan fingerprint density at radius 2 is 1.71 bits per heavy atom. The maximum absolute atomic E-state index is 2.79. The van der Waals surface area contributed by atoms with E-state index in [1.807, 2.05) is 5.57 Å². The molecule has 3 saturated carbocycles. The molecule has 0 nitrogen and oxygen atoms in total. The molecule has 9 atom stereocenters. The molecule has 0 spiro atoms. The summed E-state index contributed by atoms with van der Waals surface area (Å²) in [6, 6.07) is 0. The van der Waals surface area contributed by atoms with E-state index >= 15 is 0 Å². The Hall–Kier alpha value is -0.260. The van der Waals surface area contributed by atoms with Gasteiger partial charge < -0.3 is 0 Å². The predicted molar refractivity (Wildman–Crippen MR) is 122 cm³/mol. The van der Waals surface area contributed by atoms with Crippen LogP contribution in [0.15, 0.2) is 11.6 Å². The van der Waals surface area contributed by atoms with Crippen LogP contribution in [0.5, 0.6) is 0 Å². The average molecular weight is 385 g/mol. The van der Waals surface area contributed by atoms with E-state index in [0.29, 0.717) is 5.41 Å². The van der Waals surface area contributed by atoms with Crippen LogP contribution in [0, 0.1) is 58.7 Å². The van der Waals surface area contributed by atoms with Crippen molar-refractivity contribution in [3.63, 3.8) is 0 Å². The third-order valence-electron chi connectivity index (χ3n) is 10.2. The lowest BCUT2D eigenvalue weighted by atomic mass is 9.47. The highest BCUT2D eigenvalue weighted by molar-refractivity contribution is 5.25. The number of fused-ring (bicyclic) bond motifs is 5. The van der Waals surface area contributed by atoms with Gasteiger partial charge in [-0.15, -0.1) is 0 Å². The van der Waals surface area contributed by atoms with E-state index in [4.69, 9.17) is 0 Å². The second-order valence-corrected chi connectivity index (χ2v) is 12.4. The first kappa shape index (κ1) is 21.0. The maximum atomic E-state index is 2.79. The molecule has 0 bridgehead atoms. The fourth-order valence-electron chi connectivity index (χ4n) is 8.70. The van der Waals surface area contributed by atoms with Crippen LogP contribution in [0.25, 0.3) is 0 Å². The zero-order chi connectivity index (χ0) is 20.1. The number of hydrogen-bond acceptors (Lipinski definition) is 0. The Labute approximate surface area is 176 Å². The normalized spacial score (nSPS) is 46.5.